The minimum Gasteiger partial charge on any atom is -0.491 e. The van der Waals surface area contributed by atoms with Crippen LogP contribution in [0, 0.1) is 0 Å². The lowest BCUT2D eigenvalue weighted by molar-refractivity contribution is -0.116. The van der Waals surface area contributed by atoms with E-state index in [1.54, 1.807) is 6.07 Å². The Morgan fingerprint density at radius 1 is 0.781 bits per heavy atom. The highest BCUT2D eigenvalue weighted by Gasteiger charge is 2.06. The number of hydrogen-bond acceptors (Lipinski definition) is 4. The predicted molar refractivity (Wildman–Crippen MR) is 129 cm³/mol. The van der Waals surface area contributed by atoms with Crippen molar-refractivity contribution in [1.29, 1.82) is 0 Å². The van der Waals surface area contributed by atoms with Crippen LogP contribution in [0.4, 0.5) is 17.1 Å². The molecule has 32 heavy (non-hydrogen) atoms. The molecule has 0 aromatic heterocycles. The Morgan fingerprint density at radius 3 is 2.19 bits per heavy atom. The van der Waals surface area contributed by atoms with Gasteiger partial charge in [0.05, 0.1) is 12.6 Å². The fourth-order valence-electron chi connectivity index (χ4n) is 3.10. The zero-order chi connectivity index (χ0) is 22.8. The first kappa shape index (κ1) is 22.9. The van der Waals surface area contributed by atoms with E-state index in [9.17, 15) is 9.59 Å². The summed E-state index contributed by atoms with van der Waals surface area (Å²) in [6, 6.07) is 24.5. The molecule has 0 bridgehead atoms. The summed E-state index contributed by atoms with van der Waals surface area (Å²) >= 11 is 0. The fraction of sp³-hybridized carbons (Fsp3) is 0.231. The van der Waals surface area contributed by atoms with Crippen molar-refractivity contribution in [3.8, 4) is 5.75 Å². The highest BCUT2D eigenvalue weighted by atomic mass is 16.5. The van der Waals surface area contributed by atoms with E-state index in [-0.39, 0.29) is 24.5 Å². The fourth-order valence-corrected chi connectivity index (χ4v) is 3.10. The van der Waals surface area contributed by atoms with Crippen LogP contribution in [0.15, 0.2) is 78.9 Å². The molecule has 0 aliphatic rings. The van der Waals surface area contributed by atoms with Crippen molar-refractivity contribution < 1.29 is 14.3 Å². The number of carbonyl (C=O) groups excluding carboxylic acids is 2. The maximum absolute atomic E-state index is 12.2. The van der Waals surface area contributed by atoms with Crippen LogP contribution >= 0.6 is 0 Å². The smallest absolute Gasteiger partial charge is 0.243 e. The van der Waals surface area contributed by atoms with E-state index in [1.807, 2.05) is 86.6 Å². The number of hydrogen-bond donors (Lipinski definition) is 3. The number of anilines is 3. The zero-order valence-electron chi connectivity index (χ0n) is 18.4. The van der Waals surface area contributed by atoms with Crippen LogP contribution in [0.2, 0.25) is 0 Å². The number of ether oxygens (including phenoxy) is 1. The molecule has 3 aromatic carbocycles. The van der Waals surface area contributed by atoms with Crippen molar-refractivity contribution in [3.63, 3.8) is 0 Å². The molecule has 0 aliphatic heterocycles. The third kappa shape index (κ3) is 7.80. The third-order valence-corrected chi connectivity index (χ3v) is 4.59. The summed E-state index contributed by atoms with van der Waals surface area (Å²) in [5, 5.41) is 8.83. The van der Waals surface area contributed by atoms with Crippen LogP contribution in [0.1, 0.15) is 25.8 Å². The Morgan fingerprint density at radius 2 is 1.47 bits per heavy atom. The SMILES string of the molecule is CC(C)Oc1cccc(NC(=O)CNc2ccc(NC(=O)CCc3ccccc3)cc2)c1. The Kier molecular flexibility index (Phi) is 8.26. The lowest BCUT2D eigenvalue weighted by Gasteiger charge is -2.12. The zero-order valence-corrected chi connectivity index (χ0v) is 18.4. The van der Waals surface area contributed by atoms with E-state index in [1.165, 1.54) is 0 Å². The first-order chi connectivity index (χ1) is 15.5. The first-order valence-electron chi connectivity index (χ1n) is 10.7. The van der Waals surface area contributed by atoms with Gasteiger partial charge in [-0.1, -0.05) is 36.4 Å². The maximum atomic E-state index is 12.2. The van der Waals surface area contributed by atoms with Gasteiger partial charge in [-0.2, -0.15) is 0 Å². The average molecular weight is 432 g/mol. The molecular weight excluding hydrogens is 402 g/mol. The van der Waals surface area contributed by atoms with Crippen LogP contribution in [0.3, 0.4) is 0 Å². The summed E-state index contributed by atoms with van der Waals surface area (Å²) in [4.78, 5) is 24.4. The summed E-state index contributed by atoms with van der Waals surface area (Å²) in [5.74, 6) is 0.523. The van der Waals surface area contributed by atoms with Crippen LogP contribution in [-0.2, 0) is 16.0 Å². The van der Waals surface area contributed by atoms with Gasteiger partial charge in [0, 0.05) is 29.5 Å². The quantitative estimate of drug-likeness (QED) is 0.417. The van der Waals surface area contributed by atoms with Crippen LogP contribution in [0.25, 0.3) is 0 Å². The van der Waals surface area contributed by atoms with Crippen molar-refractivity contribution in [2.45, 2.75) is 32.8 Å². The van der Waals surface area contributed by atoms with Crippen molar-refractivity contribution in [1.82, 2.24) is 0 Å². The Bertz CT molecular complexity index is 1020. The molecule has 0 saturated heterocycles. The van der Waals surface area contributed by atoms with Crippen LogP contribution in [0.5, 0.6) is 5.75 Å². The summed E-state index contributed by atoms with van der Waals surface area (Å²) in [5.41, 5.74) is 3.34. The number of aryl methyl sites for hydroxylation is 1. The van der Waals surface area contributed by atoms with Gasteiger partial charge >= 0.3 is 0 Å². The molecule has 0 spiro atoms. The minimum absolute atomic E-state index is 0.0300. The third-order valence-electron chi connectivity index (χ3n) is 4.59. The average Bonchev–Trinajstić information content (AvgIpc) is 2.78. The lowest BCUT2D eigenvalue weighted by atomic mass is 10.1. The van der Waals surface area contributed by atoms with Crippen molar-refractivity contribution in [2.24, 2.45) is 0 Å². The molecule has 0 atom stereocenters. The molecule has 0 fully saturated rings. The largest absolute Gasteiger partial charge is 0.491 e. The molecule has 0 heterocycles. The van der Waals surface area contributed by atoms with E-state index >= 15 is 0 Å². The Balaban J connectivity index is 1.42. The number of carbonyl (C=O) groups is 2. The summed E-state index contributed by atoms with van der Waals surface area (Å²) in [6.07, 6.45) is 1.20. The van der Waals surface area contributed by atoms with E-state index in [0.717, 1.165) is 16.9 Å². The highest BCUT2D eigenvalue weighted by Crippen LogP contribution is 2.19. The summed E-state index contributed by atoms with van der Waals surface area (Å²) in [7, 11) is 0. The number of rotatable bonds is 10. The van der Waals surface area contributed by atoms with Gasteiger partial charge in [0.25, 0.3) is 0 Å². The van der Waals surface area contributed by atoms with Gasteiger partial charge in [-0.05, 0) is 62.2 Å². The minimum atomic E-state index is -0.162. The Hall–Kier alpha value is -3.80. The maximum Gasteiger partial charge on any atom is 0.243 e. The molecule has 166 valence electrons. The molecule has 3 aromatic rings. The monoisotopic (exact) mass is 431 g/mol. The highest BCUT2D eigenvalue weighted by molar-refractivity contribution is 5.94. The van der Waals surface area contributed by atoms with Crippen molar-refractivity contribution in [2.75, 3.05) is 22.5 Å². The molecule has 3 rings (SSSR count). The second kappa shape index (κ2) is 11.6. The number of benzene rings is 3. The molecule has 3 N–H and O–H groups in total. The van der Waals surface area contributed by atoms with E-state index in [2.05, 4.69) is 16.0 Å². The van der Waals surface area contributed by atoms with Gasteiger partial charge in [-0.25, -0.2) is 0 Å². The normalized spacial score (nSPS) is 10.5. The van der Waals surface area contributed by atoms with Crippen LogP contribution in [-0.4, -0.2) is 24.5 Å². The molecule has 2 amide bonds. The van der Waals surface area contributed by atoms with E-state index in [0.29, 0.717) is 24.3 Å². The van der Waals surface area contributed by atoms with Gasteiger partial charge in [0.2, 0.25) is 11.8 Å². The van der Waals surface area contributed by atoms with Gasteiger partial charge in [-0.15, -0.1) is 0 Å². The van der Waals surface area contributed by atoms with E-state index < -0.39 is 0 Å². The molecule has 0 aliphatic carbocycles. The molecule has 0 unspecified atom stereocenters. The second-order valence-corrected chi connectivity index (χ2v) is 7.71. The van der Waals surface area contributed by atoms with Gasteiger partial charge < -0.3 is 20.7 Å². The summed E-state index contributed by atoms with van der Waals surface area (Å²) < 4.78 is 5.65. The van der Waals surface area contributed by atoms with Gasteiger partial charge in [-0.3, -0.25) is 9.59 Å². The first-order valence-corrected chi connectivity index (χ1v) is 10.7. The lowest BCUT2D eigenvalue weighted by Crippen LogP contribution is -2.21. The molecule has 0 radical (unpaired) electrons. The Labute approximate surface area is 189 Å². The predicted octanol–water partition coefficient (Wildman–Crippen LogP) is 5.10. The molecular formula is C26H29N3O3. The molecule has 6 heteroatoms. The molecule has 6 nitrogen and oxygen atoms in total. The van der Waals surface area contributed by atoms with Crippen LogP contribution < -0.4 is 20.7 Å². The van der Waals surface area contributed by atoms with E-state index in [4.69, 9.17) is 4.74 Å². The second-order valence-electron chi connectivity index (χ2n) is 7.71. The summed E-state index contributed by atoms with van der Waals surface area (Å²) in [6.45, 7) is 4.03. The van der Waals surface area contributed by atoms with Gasteiger partial charge in [0.15, 0.2) is 0 Å². The van der Waals surface area contributed by atoms with Gasteiger partial charge in [0.1, 0.15) is 5.75 Å². The number of amides is 2. The van der Waals surface area contributed by atoms with Crippen molar-refractivity contribution >= 4 is 28.9 Å². The standard InChI is InChI=1S/C26H29N3O3/c1-19(2)32-24-10-6-9-23(17-24)29-26(31)18-27-21-12-14-22(15-13-21)28-25(30)16-11-20-7-4-3-5-8-20/h3-10,12-15,17,19,27H,11,16,18H2,1-2H3,(H,28,30)(H,29,31). The number of nitrogens with one attached hydrogen (secondary N) is 3. The topological polar surface area (TPSA) is 79.5 Å². The molecule has 0 saturated carbocycles. The van der Waals surface area contributed by atoms with Crippen molar-refractivity contribution in [3.05, 3.63) is 84.4 Å².